The van der Waals surface area contributed by atoms with E-state index >= 15 is 0 Å². The molecule has 0 radical (unpaired) electrons. The molecule has 27 heavy (non-hydrogen) atoms. The maximum atomic E-state index is 13.1. The number of likely N-dealkylation sites (N-methyl/N-ethyl adjacent to an activating group) is 1. The number of halogens is 1. The zero-order chi connectivity index (χ0) is 19.6. The highest BCUT2D eigenvalue weighted by Gasteiger charge is 2.28. The van der Waals surface area contributed by atoms with E-state index in [9.17, 15) is 9.59 Å². The van der Waals surface area contributed by atoms with Gasteiger partial charge in [0.1, 0.15) is 6.04 Å². The van der Waals surface area contributed by atoms with E-state index < -0.39 is 6.04 Å². The molecule has 5 heteroatoms. The van der Waals surface area contributed by atoms with Crippen molar-refractivity contribution < 1.29 is 9.59 Å². The van der Waals surface area contributed by atoms with E-state index in [2.05, 4.69) is 5.32 Å². The number of benzene rings is 2. The topological polar surface area (TPSA) is 49.4 Å². The summed E-state index contributed by atoms with van der Waals surface area (Å²) in [6.07, 6.45) is 1.45. The third-order valence-electron chi connectivity index (χ3n) is 4.52. The van der Waals surface area contributed by atoms with Crippen LogP contribution in [-0.2, 0) is 22.4 Å². The van der Waals surface area contributed by atoms with Crippen molar-refractivity contribution in [2.75, 3.05) is 13.1 Å². The molecule has 2 aromatic carbocycles. The maximum Gasteiger partial charge on any atom is 0.242 e. The van der Waals surface area contributed by atoms with E-state index in [0.29, 0.717) is 31.0 Å². The number of hydrogen-bond donors (Lipinski definition) is 1. The molecule has 0 aliphatic heterocycles. The normalized spacial score (nSPS) is 11.7. The number of carbonyl (C=O) groups excluding carboxylic acids is 2. The summed E-state index contributed by atoms with van der Waals surface area (Å²) >= 11 is 6.22. The zero-order valence-electron chi connectivity index (χ0n) is 16.0. The van der Waals surface area contributed by atoms with Crippen molar-refractivity contribution in [2.24, 2.45) is 0 Å². The van der Waals surface area contributed by atoms with Gasteiger partial charge in [-0.15, -0.1) is 0 Å². The van der Waals surface area contributed by atoms with Crippen LogP contribution in [0.3, 0.4) is 0 Å². The van der Waals surface area contributed by atoms with Crippen LogP contribution >= 0.6 is 11.6 Å². The van der Waals surface area contributed by atoms with Crippen molar-refractivity contribution in [3.63, 3.8) is 0 Å². The largest absolute Gasteiger partial charge is 0.355 e. The van der Waals surface area contributed by atoms with Crippen molar-refractivity contribution in [2.45, 2.75) is 39.2 Å². The van der Waals surface area contributed by atoms with E-state index in [4.69, 9.17) is 11.6 Å². The van der Waals surface area contributed by atoms with Crippen molar-refractivity contribution in [1.82, 2.24) is 10.2 Å². The van der Waals surface area contributed by atoms with Gasteiger partial charge >= 0.3 is 0 Å². The quantitative estimate of drug-likeness (QED) is 0.711. The van der Waals surface area contributed by atoms with Crippen LogP contribution in [0.5, 0.6) is 0 Å². The summed E-state index contributed by atoms with van der Waals surface area (Å²) in [7, 11) is 0. The molecule has 2 rings (SSSR count). The third kappa shape index (κ3) is 6.10. The fraction of sp³-hybridized carbons (Fsp3) is 0.364. The smallest absolute Gasteiger partial charge is 0.242 e. The second-order valence-electron chi connectivity index (χ2n) is 6.41. The van der Waals surface area contributed by atoms with Crippen LogP contribution < -0.4 is 5.32 Å². The molecule has 2 amide bonds. The molecule has 0 saturated heterocycles. The highest BCUT2D eigenvalue weighted by molar-refractivity contribution is 6.31. The first-order valence-electron chi connectivity index (χ1n) is 9.41. The van der Waals surface area contributed by atoms with Crippen molar-refractivity contribution in [1.29, 1.82) is 0 Å². The standard InChI is InChI=1S/C22H27ClN2O2/c1-3-20(22(27)24-4-2)25(15-14-17-10-6-5-7-11-17)21(26)16-18-12-8-9-13-19(18)23/h5-13,20H,3-4,14-16H2,1-2H3,(H,24,27)/t20-/m1/s1. The fourth-order valence-corrected chi connectivity index (χ4v) is 3.30. The Morgan fingerprint density at radius 3 is 2.33 bits per heavy atom. The Morgan fingerprint density at radius 1 is 1.04 bits per heavy atom. The monoisotopic (exact) mass is 386 g/mol. The number of rotatable bonds is 9. The van der Waals surface area contributed by atoms with E-state index in [0.717, 1.165) is 11.1 Å². The summed E-state index contributed by atoms with van der Waals surface area (Å²) in [6, 6.07) is 16.8. The molecule has 0 fully saturated rings. The van der Waals surface area contributed by atoms with Crippen molar-refractivity contribution in [3.05, 3.63) is 70.7 Å². The van der Waals surface area contributed by atoms with Gasteiger partial charge in [0.2, 0.25) is 11.8 Å². The van der Waals surface area contributed by atoms with E-state index in [1.165, 1.54) is 0 Å². The van der Waals surface area contributed by atoms with Gasteiger partial charge in [0.25, 0.3) is 0 Å². The molecule has 0 bridgehead atoms. The Bertz CT molecular complexity index is 749. The minimum atomic E-state index is -0.483. The van der Waals surface area contributed by atoms with Gasteiger partial charge < -0.3 is 10.2 Å². The molecule has 0 heterocycles. The summed E-state index contributed by atoms with van der Waals surface area (Å²) in [5.74, 6) is -0.197. The molecule has 0 aliphatic carbocycles. The Morgan fingerprint density at radius 2 is 1.70 bits per heavy atom. The summed E-state index contributed by atoms with van der Waals surface area (Å²) in [5.41, 5.74) is 1.92. The Kier molecular flexibility index (Phi) is 8.34. The van der Waals surface area contributed by atoms with E-state index in [-0.39, 0.29) is 18.2 Å². The first kappa shape index (κ1) is 21.0. The minimum absolute atomic E-state index is 0.0860. The molecule has 1 N–H and O–H groups in total. The summed E-state index contributed by atoms with van der Waals surface area (Å²) in [5, 5.41) is 3.42. The van der Waals surface area contributed by atoms with Crippen LogP contribution in [-0.4, -0.2) is 35.8 Å². The van der Waals surface area contributed by atoms with Gasteiger partial charge in [-0.3, -0.25) is 9.59 Å². The fourth-order valence-electron chi connectivity index (χ4n) is 3.09. The van der Waals surface area contributed by atoms with Gasteiger partial charge in [0.15, 0.2) is 0 Å². The van der Waals surface area contributed by atoms with Crippen LogP contribution in [0.1, 0.15) is 31.4 Å². The molecule has 4 nitrogen and oxygen atoms in total. The number of nitrogens with zero attached hydrogens (tertiary/aromatic N) is 1. The lowest BCUT2D eigenvalue weighted by Gasteiger charge is -2.30. The molecular formula is C22H27ClN2O2. The number of hydrogen-bond acceptors (Lipinski definition) is 2. The predicted octanol–water partition coefficient (Wildman–Crippen LogP) is 3.87. The number of amides is 2. The minimum Gasteiger partial charge on any atom is -0.355 e. The maximum absolute atomic E-state index is 13.1. The Hall–Kier alpha value is -2.33. The van der Waals surface area contributed by atoms with Crippen LogP contribution in [0.15, 0.2) is 54.6 Å². The van der Waals surface area contributed by atoms with Crippen LogP contribution in [0, 0.1) is 0 Å². The summed E-state index contributed by atoms with van der Waals surface area (Å²) in [6.45, 7) is 4.84. The summed E-state index contributed by atoms with van der Waals surface area (Å²) < 4.78 is 0. The van der Waals surface area contributed by atoms with Crippen molar-refractivity contribution in [3.8, 4) is 0 Å². The number of nitrogens with one attached hydrogen (secondary N) is 1. The molecule has 2 aromatic rings. The first-order valence-corrected chi connectivity index (χ1v) is 9.79. The highest BCUT2D eigenvalue weighted by atomic mass is 35.5. The summed E-state index contributed by atoms with van der Waals surface area (Å²) in [4.78, 5) is 27.3. The lowest BCUT2D eigenvalue weighted by Crippen LogP contribution is -2.50. The van der Waals surface area contributed by atoms with Gasteiger partial charge in [0, 0.05) is 18.1 Å². The van der Waals surface area contributed by atoms with E-state index in [1.54, 1.807) is 11.0 Å². The highest BCUT2D eigenvalue weighted by Crippen LogP contribution is 2.18. The molecule has 0 saturated carbocycles. The predicted molar refractivity (Wildman–Crippen MR) is 110 cm³/mol. The molecular weight excluding hydrogens is 360 g/mol. The average Bonchev–Trinajstić information content (AvgIpc) is 2.67. The second-order valence-corrected chi connectivity index (χ2v) is 6.82. The van der Waals surface area contributed by atoms with Crippen LogP contribution in [0.25, 0.3) is 0 Å². The van der Waals surface area contributed by atoms with E-state index in [1.807, 2.05) is 62.4 Å². The third-order valence-corrected chi connectivity index (χ3v) is 4.89. The van der Waals surface area contributed by atoms with Crippen LogP contribution in [0.4, 0.5) is 0 Å². The first-order chi connectivity index (χ1) is 13.1. The number of carbonyl (C=O) groups is 2. The molecule has 144 valence electrons. The molecule has 1 atom stereocenters. The SMILES string of the molecule is CCNC(=O)[C@@H](CC)N(CCc1ccccc1)C(=O)Cc1ccccc1Cl. The molecule has 0 unspecified atom stereocenters. The van der Waals surface area contributed by atoms with Crippen molar-refractivity contribution >= 4 is 23.4 Å². The molecule has 0 spiro atoms. The van der Waals surface area contributed by atoms with Gasteiger partial charge in [-0.1, -0.05) is 67.1 Å². The van der Waals surface area contributed by atoms with Gasteiger partial charge in [0.05, 0.1) is 6.42 Å². The lowest BCUT2D eigenvalue weighted by molar-refractivity contribution is -0.140. The van der Waals surface area contributed by atoms with Gasteiger partial charge in [-0.25, -0.2) is 0 Å². The molecule has 0 aromatic heterocycles. The van der Waals surface area contributed by atoms with Crippen LogP contribution in [0.2, 0.25) is 5.02 Å². The Labute approximate surface area is 166 Å². The lowest BCUT2D eigenvalue weighted by atomic mass is 10.1. The zero-order valence-corrected chi connectivity index (χ0v) is 16.7. The second kappa shape index (κ2) is 10.7. The van der Waals surface area contributed by atoms with Gasteiger partial charge in [-0.05, 0) is 37.0 Å². The Balaban J connectivity index is 2.20. The molecule has 0 aliphatic rings. The average molecular weight is 387 g/mol. The van der Waals surface area contributed by atoms with Gasteiger partial charge in [-0.2, -0.15) is 0 Å².